The van der Waals surface area contributed by atoms with Gasteiger partial charge in [-0.1, -0.05) is 12.1 Å². The lowest BCUT2D eigenvalue weighted by atomic mass is 9.89. The maximum atomic E-state index is 9.82. The van der Waals surface area contributed by atoms with Gasteiger partial charge >= 0.3 is 0 Å². The molecule has 0 unspecified atom stereocenters. The lowest BCUT2D eigenvalue weighted by Gasteiger charge is -2.37. The zero-order chi connectivity index (χ0) is 10.2. The molecule has 1 saturated heterocycles. The van der Waals surface area contributed by atoms with Gasteiger partial charge in [0, 0.05) is 25.1 Å². The van der Waals surface area contributed by atoms with E-state index in [4.69, 9.17) is 0 Å². The Labute approximate surface area is 81.8 Å². The largest absolute Gasteiger partial charge is 0.504 e. The van der Waals surface area contributed by atoms with E-state index in [0.29, 0.717) is 25.1 Å². The van der Waals surface area contributed by atoms with Gasteiger partial charge in [0.05, 0.1) is 5.60 Å². The maximum absolute atomic E-state index is 9.82. The molecule has 0 aromatic heterocycles. The van der Waals surface area contributed by atoms with E-state index in [2.05, 4.69) is 5.32 Å². The summed E-state index contributed by atoms with van der Waals surface area (Å²) in [6, 6.07) is 4.77. The van der Waals surface area contributed by atoms with Crippen LogP contribution in [0.2, 0.25) is 0 Å². The van der Waals surface area contributed by atoms with Gasteiger partial charge in [-0.25, -0.2) is 0 Å². The molecule has 4 heteroatoms. The first-order valence-electron chi connectivity index (χ1n) is 4.54. The zero-order valence-corrected chi connectivity index (χ0v) is 7.70. The molecule has 1 fully saturated rings. The van der Waals surface area contributed by atoms with Gasteiger partial charge in [-0.15, -0.1) is 0 Å². The summed E-state index contributed by atoms with van der Waals surface area (Å²) in [5.41, 5.74) is -0.195. The van der Waals surface area contributed by atoms with Gasteiger partial charge in [-0.3, -0.25) is 0 Å². The van der Waals surface area contributed by atoms with Crippen LogP contribution in [0.5, 0.6) is 11.5 Å². The highest BCUT2D eigenvalue weighted by atomic mass is 16.3. The molecule has 0 saturated carbocycles. The van der Waals surface area contributed by atoms with Crippen LogP contribution in [0.3, 0.4) is 0 Å². The number of nitrogens with one attached hydrogen (secondary N) is 1. The van der Waals surface area contributed by atoms with Crippen molar-refractivity contribution in [1.29, 1.82) is 0 Å². The second kappa shape index (κ2) is 3.15. The number of aliphatic hydroxyl groups is 1. The summed E-state index contributed by atoms with van der Waals surface area (Å²) in [5, 5.41) is 31.5. The lowest BCUT2D eigenvalue weighted by molar-refractivity contribution is -0.00947. The van der Waals surface area contributed by atoms with Crippen LogP contribution in [-0.2, 0) is 6.42 Å². The first-order chi connectivity index (χ1) is 6.61. The van der Waals surface area contributed by atoms with E-state index in [1.54, 1.807) is 12.1 Å². The fraction of sp³-hybridized carbons (Fsp3) is 0.400. The Morgan fingerprint density at radius 2 is 2.00 bits per heavy atom. The smallest absolute Gasteiger partial charge is 0.160 e. The van der Waals surface area contributed by atoms with Crippen molar-refractivity contribution >= 4 is 0 Å². The third kappa shape index (κ3) is 1.54. The number of aromatic hydroxyl groups is 2. The van der Waals surface area contributed by atoms with E-state index < -0.39 is 5.60 Å². The highest BCUT2D eigenvalue weighted by Gasteiger charge is 2.35. The van der Waals surface area contributed by atoms with Gasteiger partial charge in [-0.2, -0.15) is 0 Å². The van der Waals surface area contributed by atoms with Crippen LogP contribution in [0.25, 0.3) is 0 Å². The summed E-state index contributed by atoms with van der Waals surface area (Å²) in [4.78, 5) is 0. The molecule has 1 aliphatic rings. The molecule has 4 N–H and O–H groups in total. The van der Waals surface area contributed by atoms with Crippen LogP contribution in [-0.4, -0.2) is 34.0 Å². The van der Waals surface area contributed by atoms with Crippen molar-refractivity contribution < 1.29 is 15.3 Å². The van der Waals surface area contributed by atoms with Gasteiger partial charge in [0.1, 0.15) is 0 Å². The summed E-state index contributed by atoms with van der Waals surface area (Å²) >= 11 is 0. The quantitative estimate of drug-likeness (QED) is 0.500. The van der Waals surface area contributed by atoms with Crippen LogP contribution in [0.15, 0.2) is 18.2 Å². The number of rotatable bonds is 2. The van der Waals surface area contributed by atoms with Gasteiger partial charge in [0.2, 0.25) is 0 Å². The van der Waals surface area contributed by atoms with Gasteiger partial charge < -0.3 is 20.6 Å². The molecule has 0 spiro atoms. The van der Waals surface area contributed by atoms with Crippen LogP contribution in [0.1, 0.15) is 5.56 Å². The Morgan fingerprint density at radius 1 is 1.29 bits per heavy atom. The zero-order valence-electron chi connectivity index (χ0n) is 7.70. The predicted octanol–water partition coefficient (Wildman–Crippen LogP) is -0.0254. The molecule has 0 bridgehead atoms. The number of phenolic OH excluding ortho intramolecular Hbond substituents is 2. The van der Waals surface area contributed by atoms with Crippen molar-refractivity contribution in [2.75, 3.05) is 13.1 Å². The third-order valence-corrected chi connectivity index (χ3v) is 2.53. The molecule has 2 rings (SSSR count). The monoisotopic (exact) mass is 195 g/mol. The van der Waals surface area contributed by atoms with Gasteiger partial charge in [-0.05, 0) is 6.07 Å². The average Bonchev–Trinajstić information content (AvgIpc) is 2.10. The Morgan fingerprint density at radius 3 is 2.57 bits per heavy atom. The van der Waals surface area contributed by atoms with Crippen LogP contribution in [0, 0.1) is 0 Å². The fourth-order valence-electron chi connectivity index (χ4n) is 1.61. The van der Waals surface area contributed by atoms with E-state index in [0.717, 1.165) is 0 Å². The normalized spacial score (nSPS) is 18.9. The summed E-state index contributed by atoms with van der Waals surface area (Å²) in [6.07, 6.45) is 0.361. The fourth-order valence-corrected chi connectivity index (χ4v) is 1.61. The number of benzene rings is 1. The highest BCUT2D eigenvalue weighted by molar-refractivity contribution is 5.45. The average molecular weight is 195 g/mol. The second-order valence-electron chi connectivity index (χ2n) is 3.79. The van der Waals surface area contributed by atoms with Crippen molar-refractivity contribution in [3.05, 3.63) is 23.8 Å². The van der Waals surface area contributed by atoms with Crippen LogP contribution < -0.4 is 5.32 Å². The molecule has 1 aromatic rings. The number of para-hydroxylation sites is 1. The van der Waals surface area contributed by atoms with Crippen molar-refractivity contribution in [1.82, 2.24) is 5.32 Å². The molecular weight excluding hydrogens is 182 g/mol. The summed E-state index contributed by atoms with van der Waals surface area (Å²) < 4.78 is 0. The Hall–Kier alpha value is -1.26. The molecule has 0 aliphatic carbocycles. The minimum atomic E-state index is -0.773. The van der Waals surface area contributed by atoms with Crippen molar-refractivity contribution in [3.8, 4) is 11.5 Å². The van der Waals surface area contributed by atoms with E-state index in [-0.39, 0.29) is 11.5 Å². The lowest BCUT2D eigenvalue weighted by Crippen LogP contribution is -2.60. The molecule has 1 heterocycles. The van der Waals surface area contributed by atoms with Crippen molar-refractivity contribution in [2.45, 2.75) is 12.0 Å². The Kier molecular flexibility index (Phi) is 2.09. The summed E-state index contributed by atoms with van der Waals surface area (Å²) in [5.74, 6) is -0.272. The molecule has 14 heavy (non-hydrogen) atoms. The molecule has 0 radical (unpaired) electrons. The summed E-state index contributed by atoms with van der Waals surface area (Å²) in [6.45, 7) is 1.06. The molecule has 1 aromatic carbocycles. The third-order valence-electron chi connectivity index (χ3n) is 2.53. The van der Waals surface area contributed by atoms with Gasteiger partial charge in [0.15, 0.2) is 11.5 Å². The SMILES string of the molecule is Oc1cccc(CC2(O)CNC2)c1O. The highest BCUT2D eigenvalue weighted by Crippen LogP contribution is 2.31. The van der Waals surface area contributed by atoms with E-state index >= 15 is 0 Å². The van der Waals surface area contributed by atoms with Crippen molar-refractivity contribution in [3.63, 3.8) is 0 Å². The topological polar surface area (TPSA) is 72.7 Å². The Bertz CT molecular complexity index is 347. The van der Waals surface area contributed by atoms with Gasteiger partial charge in [0.25, 0.3) is 0 Å². The molecule has 76 valence electrons. The first kappa shape index (κ1) is 9.30. The number of hydrogen-bond acceptors (Lipinski definition) is 4. The van der Waals surface area contributed by atoms with E-state index in [1.807, 2.05) is 0 Å². The van der Waals surface area contributed by atoms with Crippen molar-refractivity contribution in [2.24, 2.45) is 0 Å². The molecule has 4 nitrogen and oxygen atoms in total. The predicted molar refractivity (Wildman–Crippen MR) is 51.3 cm³/mol. The number of phenols is 2. The van der Waals surface area contributed by atoms with E-state index in [1.165, 1.54) is 6.07 Å². The Balaban J connectivity index is 2.20. The second-order valence-corrected chi connectivity index (χ2v) is 3.79. The molecular formula is C10H13NO3. The standard InChI is InChI=1S/C10H13NO3/c12-8-3-1-2-7(9(8)13)4-10(14)5-11-6-10/h1-3,11-14H,4-6H2. The number of β-amino-alcohol motifs (C(OH)–C–C–N with tert-alkyl or cyclic N) is 1. The maximum Gasteiger partial charge on any atom is 0.160 e. The summed E-state index contributed by atoms with van der Waals surface area (Å²) in [7, 11) is 0. The molecule has 1 aliphatic heterocycles. The molecule has 0 amide bonds. The number of hydrogen-bond donors (Lipinski definition) is 4. The first-order valence-corrected chi connectivity index (χ1v) is 4.54. The van der Waals surface area contributed by atoms with Crippen LogP contribution >= 0.6 is 0 Å². The molecule has 0 atom stereocenters. The minimum absolute atomic E-state index is 0.132. The minimum Gasteiger partial charge on any atom is -0.504 e. The van der Waals surface area contributed by atoms with E-state index in [9.17, 15) is 15.3 Å². The van der Waals surface area contributed by atoms with Crippen LogP contribution in [0.4, 0.5) is 0 Å².